The molecule has 31 heavy (non-hydrogen) atoms. The highest BCUT2D eigenvalue weighted by Gasteiger charge is 2.24. The number of ether oxygens (including phenoxy) is 1. The molecule has 0 bridgehead atoms. The minimum atomic E-state index is 0.580. The summed E-state index contributed by atoms with van der Waals surface area (Å²) in [6, 6.07) is 17.3. The van der Waals surface area contributed by atoms with Gasteiger partial charge in [-0.1, -0.05) is 46.3 Å². The van der Waals surface area contributed by atoms with E-state index in [2.05, 4.69) is 79.6 Å². The van der Waals surface area contributed by atoms with Crippen molar-refractivity contribution in [1.29, 1.82) is 0 Å². The standard InChI is InChI=1S/C25H28BrN3OS/c26-22-6-3-5-20(16-22)23-18-31-25(27-23)19-8-10-28(11-9-19)17-21-4-1-2-7-24(21)29-12-14-30-15-13-29/h1-7,16,18-19H,8-15,17H2. The van der Waals surface area contributed by atoms with Crippen LogP contribution in [0.1, 0.15) is 29.3 Å². The van der Waals surface area contributed by atoms with Gasteiger partial charge >= 0.3 is 0 Å². The van der Waals surface area contributed by atoms with E-state index in [1.54, 1.807) is 0 Å². The molecule has 162 valence electrons. The second-order valence-corrected chi connectivity index (χ2v) is 10.2. The monoisotopic (exact) mass is 497 g/mol. The van der Waals surface area contributed by atoms with Crippen molar-refractivity contribution in [3.05, 3.63) is 69.0 Å². The van der Waals surface area contributed by atoms with Gasteiger partial charge in [0.1, 0.15) is 0 Å². The highest BCUT2D eigenvalue weighted by atomic mass is 79.9. The quantitative estimate of drug-likeness (QED) is 0.445. The number of morpholine rings is 1. The molecule has 2 saturated heterocycles. The van der Waals surface area contributed by atoms with E-state index in [9.17, 15) is 0 Å². The number of piperidine rings is 1. The van der Waals surface area contributed by atoms with Crippen molar-refractivity contribution in [1.82, 2.24) is 9.88 Å². The Morgan fingerprint density at radius 2 is 1.81 bits per heavy atom. The number of anilines is 1. The Morgan fingerprint density at radius 1 is 1.00 bits per heavy atom. The lowest BCUT2D eigenvalue weighted by atomic mass is 9.97. The first-order valence-corrected chi connectivity index (χ1v) is 12.8. The van der Waals surface area contributed by atoms with Crippen LogP contribution in [0.25, 0.3) is 11.3 Å². The Hall–Kier alpha value is -1.73. The predicted molar refractivity (Wildman–Crippen MR) is 132 cm³/mol. The Balaban J connectivity index is 1.21. The van der Waals surface area contributed by atoms with Gasteiger partial charge in [0.05, 0.1) is 23.9 Å². The smallest absolute Gasteiger partial charge is 0.0964 e. The molecule has 2 fully saturated rings. The van der Waals surface area contributed by atoms with Crippen LogP contribution in [0.2, 0.25) is 0 Å². The second-order valence-electron chi connectivity index (χ2n) is 8.36. The van der Waals surface area contributed by atoms with Gasteiger partial charge in [-0.05, 0) is 49.7 Å². The lowest BCUT2D eigenvalue weighted by Crippen LogP contribution is -2.38. The maximum absolute atomic E-state index is 5.54. The maximum Gasteiger partial charge on any atom is 0.0964 e. The molecular weight excluding hydrogens is 470 g/mol. The molecule has 0 N–H and O–H groups in total. The van der Waals surface area contributed by atoms with Crippen molar-refractivity contribution < 1.29 is 4.74 Å². The van der Waals surface area contributed by atoms with Crippen molar-refractivity contribution in [2.24, 2.45) is 0 Å². The summed E-state index contributed by atoms with van der Waals surface area (Å²) in [5.74, 6) is 0.580. The molecule has 0 aliphatic carbocycles. The number of thiazole rings is 1. The van der Waals surface area contributed by atoms with E-state index in [-0.39, 0.29) is 0 Å². The van der Waals surface area contributed by atoms with Crippen molar-refractivity contribution in [3.8, 4) is 11.3 Å². The van der Waals surface area contributed by atoms with Crippen LogP contribution in [0.5, 0.6) is 0 Å². The first kappa shape index (κ1) is 21.1. The Kier molecular flexibility index (Phi) is 6.69. The fraction of sp³-hybridized carbons (Fsp3) is 0.400. The molecular formula is C25H28BrN3OS. The molecule has 0 radical (unpaired) electrons. The van der Waals surface area contributed by atoms with Crippen molar-refractivity contribution in [3.63, 3.8) is 0 Å². The number of hydrogen-bond donors (Lipinski definition) is 0. The molecule has 0 spiro atoms. The summed E-state index contributed by atoms with van der Waals surface area (Å²) in [5.41, 5.74) is 5.11. The first-order valence-electron chi connectivity index (χ1n) is 11.1. The average molecular weight is 498 g/mol. The van der Waals surface area contributed by atoms with E-state index >= 15 is 0 Å². The summed E-state index contributed by atoms with van der Waals surface area (Å²) in [7, 11) is 0. The third-order valence-corrected chi connectivity index (χ3v) is 7.82. The van der Waals surface area contributed by atoms with Gasteiger partial charge in [-0.15, -0.1) is 11.3 Å². The summed E-state index contributed by atoms with van der Waals surface area (Å²) >= 11 is 5.39. The predicted octanol–water partition coefficient (Wildman–Crippen LogP) is 5.79. The fourth-order valence-electron chi connectivity index (χ4n) is 4.59. The van der Waals surface area contributed by atoms with Crippen molar-refractivity contribution >= 4 is 33.0 Å². The number of benzene rings is 2. The topological polar surface area (TPSA) is 28.6 Å². The van der Waals surface area contributed by atoms with Gasteiger partial charge < -0.3 is 9.64 Å². The van der Waals surface area contributed by atoms with Gasteiger partial charge in [0.2, 0.25) is 0 Å². The highest BCUT2D eigenvalue weighted by Crippen LogP contribution is 2.34. The van der Waals surface area contributed by atoms with Crippen LogP contribution in [0.3, 0.4) is 0 Å². The molecule has 0 amide bonds. The van der Waals surface area contributed by atoms with Crippen molar-refractivity contribution in [2.75, 3.05) is 44.3 Å². The lowest BCUT2D eigenvalue weighted by Gasteiger charge is -2.34. The van der Waals surface area contributed by atoms with Crippen molar-refractivity contribution in [2.45, 2.75) is 25.3 Å². The summed E-state index contributed by atoms with van der Waals surface area (Å²) in [5, 5.41) is 3.51. The van der Waals surface area contributed by atoms with Gasteiger partial charge in [-0.25, -0.2) is 4.98 Å². The van der Waals surface area contributed by atoms with Gasteiger partial charge in [0, 0.05) is 46.7 Å². The first-order chi connectivity index (χ1) is 15.3. The second kappa shape index (κ2) is 9.82. The Bertz CT molecular complexity index is 1010. The van der Waals surface area contributed by atoms with E-state index < -0.39 is 0 Å². The molecule has 5 rings (SSSR count). The van der Waals surface area contributed by atoms with E-state index in [1.165, 1.54) is 34.7 Å². The molecule has 4 nitrogen and oxygen atoms in total. The zero-order valence-electron chi connectivity index (χ0n) is 17.7. The number of aromatic nitrogens is 1. The normalized spacial score (nSPS) is 18.4. The molecule has 2 aliphatic heterocycles. The van der Waals surface area contributed by atoms with Crippen LogP contribution in [-0.2, 0) is 11.3 Å². The summed E-state index contributed by atoms with van der Waals surface area (Å²) in [6.07, 6.45) is 2.37. The molecule has 1 aromatic heterocycles. The van der Waals surface area contributed by atoms with E-state index in [0.29, 0.717) is 5.92 Å². The van der Waals surface area contributed by atoms with Gasteiger partial charge in [-0.3, -0.25) is 4.90 Å². The highest BCUT2D eigenvalue weighted by molar-refractivity contribution is 9.10. The SMILES string of the molecule is Brc1cccc(-c2csc(C3CCN(Cc4ccccc4N4CCOCC4)CC3)n2)c1. The summed E-state index contributed by atoms with van der Waals surface area (Å²) < 4.78 is 6.64. The van der Waals surface area contributed by atoms with Crippen LogP contribution in [0, 0.1) is 0 Å². The molecule has 3 heterocycles. The fourth-order valence-corrected chi connectivity index (χ4v) is 5.99. The number of para-hydroxylation sites is 1. The molecule has 0 unspecified atom stereocenters. The molecule has 2 aromatic carbocycles. The lowest BCUT2D eigenvalue weighted by molar-refractivity contribution is 0.122. The van der Waals surface area contributed by atoms with E-state index in [4.69, 9.17) is 9.72 Å². The zero-order valence-corrected chi connectivity index (χ0v) is 20.1. The minimum Gasteiger partial charge on any atom is -0.378 e. The summed E-state index contributed by atoms with van der Waals surface area (Å²) in [6.45, 7) is 6.93. The van der Waals surface area contributed by atoms with Gasteiger partial charge in [0.15, 0.2) is 0 Å². The third kappa shape index (κ3) is 5.03. The molecule has 3 aromatic rings. The average Bonchev–Trinajstić information content (AvgIpc) is 3.31. The number of rotatable bonds is 5. The number of nitrogens with zero attached hydrogens (tertiary/aromatic N) is 3. The van der Waals surface area contributed by atoms with Crippen LogP contribution in [0.15, 0.2) is 58.4 Å². The van der Waals surface area contributed by atoms with Gasteiger partial charge in [-0.2, -0.15) is 0 Å². The molecule has 6 heteroatoms. The van der Waals surface area contributed by atoms with Crippen LogP contribution in [-0.4, -0.2) is 49.3 Å². The number of halogens is 1. The van der Waals surface area contributed by atoms with E-state index in [0.717, 1.165) is 56.1 Å². The molecule has 0 atom stereocenters. The number of likely N-dealkylation sites (tertiary alicyclic amines) is 1. The third-order valence-electron chi connectivity index (χ3n) is 6.32. The van der Waals surface area contributed by atoms with Crippen LogP contribution >= 0.6 is 27.3 Å². The van der Waals surface area contributed by atoms with E-state index in [1.807, 2.05) is 11.3 Å². The molecule has 2 aliphatic rings. The minimum absolute atomic E-state index is 0.580. The molecule has 0 saturated carbocycles. The zero-order chi connectivity index (χ0) is 21.0. The Morgan fingerprint density at radius 3 is 2.61 bits per heavy atom. The Labute approximate surface area is 197 Å². The maximum atomic E-state index is 5.54. The summed E-state index contributed by atoms with van der Waals surface area (Å²) in [4.78, 5) is 10.1. The van der Waals surface area contributed by atoms with Gasteiger partial charge in [0.25, 0.3) is 0 Å². The van der Waals surface area contributed by atoms with Crippen LogP contribution in [0.4, 0.5) is 5.69 Å². The largest absolute Gasteiger partial charge is 0.378 e. The van der Waals surface area contributed by atoms with Crippen LogP contribution < -0.4 is 4.90 Å². The number of hydrogen-bond acceptors (Lipinski definition) is 5.